The van der Waals surface area contributed by atoms with Gasteiger partial charge in [-0.3, -0.25) is 4.98 Å². The topological polar surface area (TPSA) is 93.6 Å². The predicted molar refractivity (Wildman–Crippen MR) is 75.7 cm³/mol. The Kier molecular flexibility index (Phi) is 5.60. The highest BCUT2D eigenvalue weighted by Gasteiger charge is 2.43. The van der Waals surface area contributed by atoms with E-state index in [1.165, 1.54) is 0 Å². The van der Waals surface area contributed by atoms with E-state index in [0.29, 0.717) is 5.88 Å². The van der Waals surface area contributed by atoms with E-state index in [-0.39, 0.29) is 11.7 Å². The summed E-state index contributed by atoms with van der Waals surface area (Å²) in [5.41, 5.74) is 0.898. The molecule has 0 saturated carbocycles. The summed E-state index contributed by atoms with van der Waals surface area (Å²) in [7, 11) is 0. The first-order valence-electron chi connectivity index (χ1n) is 7.30. The Balaban J connectivity index is 0.000000256. The molecule has 0 amide bonds. The summed E-state index contributed by atoms with van der Waals surface area (Å²) in [4.78, 5) is 17.3. The number of carboxylic acid groups (broad SMARTS) is 1. The van der Waals surface area contributed by atoms with Crippen LogP contribution in [0.2, 0.25) is 0 Å². The molecular formula is C14H18F3N3O4. The summed E-state index contributed by atoms with van der Waals surface area (Å²) in [6, 6.07) is 0. The monoisotopic (exact) mass is 349 g/mol. The minimum absolute atomic E-state index is 0.0141. The van der Waals surface area contributed by atoms with Crippen LogP contribution in [0.5, 0.6) is 5.88 Å². The number of hydrogen-bond donors (Lipinski definition) is 2. The number of aryl methyl sites for hydroxylation is 1. The Hall–Kier alpha value is -1.94. The van der Waals surface area contributed by atoms with Gasteiger partial charge in [-0.05, 0) is 6.92 Å². The second-order valence-electron chi connectivity index (χ2n) is 5.67. The van der Waals surface area contributed by atoms with Crippen LogP contribution in [0.4, 0.5) is 13.2 Å². The van der Waals surface area contributed by atoms with E-state index in [9.17, 15) is 13.2 Å². The standard InChI is InChI=1S/C12H17N3O2.C2HF3O2/c1-9-5-13-6-11(15-9)17-10-2-3-16-12(4-10)7-14-8-12;3-2(4,5)1(6)7/h5-6,10,14H,2-4,7-8H2,1H3;(H,6,7). The normalized spacial score (nSPS) is 22.1. The van der Waals surface area contributed by atoms with Crippen molar-refractivity contribution < 1.29 is 32.5 Å². The summed E-state index contributed by atoms with van der Waals surface area (Å²) >= 11 is 0. The van der Waals surface area contributed by atoms with Gasteiger partial charge in [0.2, 0.25) is 5.88 Å². The molecule has 1 spiro atoms. The van der Waals surface area contributed by atoms with Crippen molar-refractivity contribution in [3.8, 4) is 5.88 Å². The third-order valence-corrected chi connectivity index (χ3v) is 3.60. The zero-order valence-corrected chi connectivity index (χ0v) is 13.0. The lowest BCUT2D eigenvalue weighted by Crippen LogP contribution is -2.64. The molecule has 2 N–H and O–H groups in total. The third kappa shape index (κ3) is 5.03. The lowest BCUT2D eigenvalue weighted by molar-refractivity contribution is -0.192. The van der Waals surface area contributed by atoms with Crippen molar-refractivity contribution in [3.05, 3.63) is 18.1 Å². The van der Waals surface area contributed by atoms with E-state index in [0.717, 1.165) is 38.2 Å². The summed E-state index contributed by atoms with van der Waals surface area (Å²) in [6.07, 6.45) is 0.386. The van der Waals surface area contributed by atoms with Crippen molar-refractivity contribution in [3.63, 3.8) is 0 Å². The van der Waals surface area contributed by atoms with Crippen LogP contribution in [0.25, 0.3) is 0 Å². The number of alkyl halides is 3. The minimum Gasteiger partial charge on any atom is -0.475 e. The van der Waals surface area contributed by atoms with Crippen LogP contribution >= 0.6 is 0 Å². The number of nitrogens with one attached hydrogen (secondary N) is 1. The van der Waals surface area contributed by atoms with Crippen molar-refractivity contribution >= 4 is 5.97 Å². The van der Waals surface area contributed by atoms with E-state index in [1.54, 1.807) is 12.4 Å². The van der Waals surface area contributed by atoms with E-state index in [2.05, 4.69) is 15.3 Å². The van der Waals surface area contributed by atoms with Gasteiger partial charge in [-0.15, -0.1) is 0 Å². The lowest BCUT2D eigenvalue weighted by Gasteiger charge is -2.47. The third-order valence-electron chi connectivity index (χ3n) is 3.60. The molecule has 2 aliphatic heterocycles. The lowest BCUT2D eigenvalue weighted by atomic mass is 9.87. The summed E-state index contributed by atoms with van der Waals surface area (Å²) < 4.78 is 43.4. The van der Waals surface area contributed by atoms with Gasteiger partial charge in [-0.2, -0.15) is 13.2 Å². The molecule has 10 heteroatoms. The summed E-state index contributed by atoms with van der Waals surface area (Å²) in [6.45, 7) is 4.56. The fourth-order valence-electron chi connectivity index (χ4n) is 2.40. The zero-order valence-electron chi connectivity index (χ0n) is 13.0. The van der Waals surface area contributed by atoms with Gasteiger partial charge in [0.05, 0.1) is 24.1 Å². The Bertz CT molecular complexity index is 579. The maximum Gasteiger partial charge on any atom is 0.490 e. The van der Waals surface area contributed by atoms with E-state index < -0.39 is 12.1 Å². The maximum atomic E-state index is 10.6. The van der Waals surface area contributed by atoms with E-state index in [4.69, 9.17) is 19.4 Å². The molecule has 0 aromatic carbocycles. The SMILES string of the molecule is Cc1cncc(OC2CCOC3(CNC3)C2)n1.O=C(O)C(F)(F)F. The molecule has 7 nitrogen and oxygen atoms in total. The molecule has 1 unspecified atom stereocenters. The van der Waals surface area contributed by atoms with Crippen molar-refractivity contribution in [2.75, 3.05) is 19.7 Å². The average Bonchev–Trinajstić information content (AvgIpc) is 2.45. The first-order chi connectivity index (χ1) is 11.2. The molecule has 2 fully saturated rings. The molecule has 134 valence electrons. The molecule has 1 aromatic rings. The summed E-state index contributed by atoms with van der Waals surface area (Å²) in [5.74, 6) is -2.13. The van der Waals surface area contributed by atoms with Crippen LogP contribution in [0.3, 0.4) is 0 Å². The van der Waals surface area contributed by atoms with E-state index >= 15 is 0 Å². The van der Waals surface area contributed by atoms with Gasteiger partial charge >= 0.3 is 12.1 Å². The molecule has 1 aromatic heterocycles. The first kappa shape index (κ1) is 18.4. The molecule has 2 saturated heterocycles. The second kappa shape index (κ2) is 7.31. The van der Waals surface area contributed by atoms with Crippen molar-refractivity contribution in [2.24, 2.45) is 0 Å². The van der Waals surface area contributed by atoms with Crippen LogP contribution in [-0.2, 0) is 9.53 Å². The van der Waals surface area contributed by atoms with Crippen LogP contribution in [0.1, 0.15) is 18.5 Å². The number of carbonyl (C=O) groups is 1. The van der Waals surface area contributed by atoms with Gasteiger partial charge in [0.1, 0.15) is 6.10 Å². The zero-order chi connectivity index (χ0) is 17.8. The van der Waals surface area contributed by atoms with E-state index in [1.807, 2.05) is 6.92 Å². The average molecular weight is 349 g/mol. The largest absolute Gasteiger partial charge is 0.490 e. The van der Waals surface area contributed by atoms with Crippen molar-refractivity contribution in [1.29, 1.82) is 0 Å². The number of aliphatic carboxylic acids is 1. The maximum absolute atomic E-state index is 10.6. The number of nitrogens with zero attached hydrogens (tertiary/aromatic N) is 2. The summed E-state index contributed by atoms with van der Waals surface area (Å²) in [5, 5.41) is 10.4. The quantitative estimate of drug-likeness (QED) is 0.832. The van der Waals surface area contributed by atoms with Gasteiger partial charge in [-0.1, -0.05) is 0 Å². The number of hydrogen-bond acceptors (Lipinski definition) is 6. The van der Waals surface area contributed by atoms with Gasteiger partial charge in [-0.25, -0.2) is 9.78 Å². The number of halogens is 3. The number of rotatable bonds is 2. The Labute approximate surface area is 136 Å². The van der Waals surface area contributed by atoms with Crippen LogP contribution in [0.15, 0.2) is 12.4 Å². The molecule has 24 heavy (non-hydrogen) atoms. The number of ether oxygens (including phenoxy) is 2. The first-order valence-corrected chi connectivity index (χ1v) is 7.30. The van der Waals surface area contributed by atoms with Gasteiger partial charge in [0, 0.05) is 32.1 Å². The molecular weight excluding hydrogens is 331 g/mol. The molecule has 0 radical (unpaired) electrons. The van der Waals surface area contributed by atoms with Crippen molar-refractivity contribution in [2.45, 2.75) is 37.6 Å². The van der Waals surface area contributed by atoms with Crippen LogP contribution < -0.4 is 10.1 Å². The molecule has 2 aliphatic rings. The smallest absolute Gasteiger partial charge is 0.475 e. The predicted octanol–water partition coefficient (Wildman–Crippen LogP) is 1.32. The molecule has 1 atom stereocenters. The van der Waals surface area contributed by atoms with Crippen molar-refractivity contribution in [1.82, 2.24) is 15.3 Å². The highest BCUT2D eigenvalue weighted by Crippen LogP contribution is 2.30. The number of carboxylic acids is 1. The second-order valence-corrected chi connectivity index (χ2v) is 5.67. The highest BCUT2D eigenvalue weighted by atomic mass is 19.4. The number of aromatic nitrogens is 2. The molecule has 0 bridgehead atoms. The van der Waals surface area contributed by atoms with Gasteiger partial charge in [0.25, 0.3) is 0 Å². The molecule has 0 aliphatic carbocycles. The minimum atomic E-state index is -5.08. The fraction of sp³-hybridized carbons (Fsp3) is 0.643. The molecule has 3 heterocycles. The Morgan fingerprint density at radius 3 is 2.62 bits per heavy atom. The van der Waals surface area contributed by atoms with Gasteiger partial charge in [0.15, 0.2) is 0 Å². The van der Waals surface area contributed by atoms with Crippen LogP contribution in [0, 0.1) is 6.92 Å². The fourth-order valence-corrected chi connectivity index (χ4v) is 2.40. The Morgan fingerprint density at radius 2 is 2.12 bits per heavy atom. The molecule has 3 rings (SSSR count). The van der Waals surface area contributed by atoms with Gasteiger partial charge < -0.3 is 19.9 Å². The highest BCUT2D eigenvalue weighted by molar-refractivity contribution is 5.73. The van der Waals surface area contributed by atoms with Crippen LogP contribution in [-0.4, -0.2) is 58.6 Å². The Morgan fingerprint density at radius 1 is 1.46 bits per heavy atom.